The molecule has 1 unspecified atom stereocenters. The quantitative estimate of drug-likeness (QED) is 0.260. The molecular weight excluding hydrogens is 486 g/mol. The molecule has 5 nitrogen and oxygen atoms in total. The highest BCUT2D eigenvalue weighted by Crippen LogP contribution is 2.30. The van der Waals surface area contributed by atoms with Gasteiger partial charge in [0.2, 0.25) is 5.89 Å². The van der Waals surface area contributed by atoms with Gasteiger partial charge in [-0.05, 0) is 30.2 Å². The first-order valence-electron chi connectivity index (χ1n) is 11.6. The molecule has 1 amide bonds. The van der Waals surface area contributed by atoms with E-state index in [4.69, 9.17) is 4.42 Å². The molecule has 37 heavy (non-hydrogen) atoms. The van der Waals surface area contributed by atoms with Crippen molar-refractivity contribution in [1.82, 2.24) is 15.2 Å². The minimum atomic E-state index is -4.48. The Morgan fingerprint density at radius 3 is 2.43 bits per heavy atom. The first kappa shape index (κ1) is 26.1. The maximum Gasteiger partial charge on any atom is 0.416 e. The second kappa shape index (κ2) is 11.4. The molecule has 4 rings (SSSR count). The topological polar surface area (TPSA) is 58.4 Å². The highest BCUT2D eigenvalue weighted by Gasteiger charge is 2.30. The molecule has 1 heterocycles. The van der Waals surface area contributed by atoms with Gasteiger partial charge in [-0.1, -0.05) is 66.7 Å². The van der Waals surface area contributed by atoms with Gasteiger partial charge in [0, 0.05) is 18.7 Å². The summed E-state index contributed by atoms with van der Waals surface area (Å²) in [5.41, 5.74) is 1.00. The summed E-state index contributed by atoms with van der Waals surface area (Å²) in [5, 5.41) is 2.86. The standard InChI is InChI=1S/C28H25F4N3O2/c1-19(21-9-3-2-4-10-21)33-27(36)25-18-37-26(34-25)17-35(16-22-11-5-6-13-24(22)29)15-20-8-7-12-23(14-20)28(30,31)32/h2-14,18-19H,15-17H2,1H3,(H,33,36). The van der Waals surface area contributed by atoms with Crippen LogP contribution in [0.1, 0.15) is 51.6 Å². The van der Waals surface area contributed by atoms with Gasteiger partial charge in [-0.3, -0.25) is 9.69 Å². The van der Waals surface area contributed by atoms with Crippen LogP contribution in [0, 0.1) is 5.82 Å². The molecule has 9 heteroatoms. The van der Waals surface area contributed by atoms with Gasteiger partial charge in [0.15, 0.2) is 5.69 Å². The van der Waals surface area contributed by atoms with Crippen LogP contribution < -0.4 is 5.32 Å². The first-order chi connectivity index (χ1) is 17.7. The summed E-state index contributed by atoms with van der Waals surface area (Å²) in [5.74, 6) is -0.676. The Kier molecular flexibility index (Phi) is 8.03. The lowest BCUT2D eigenvalue weighted by molar-refractivity contribution is -0.137. The number of rotatable bonds is 9. The number of aromatic nitrogens is 1. The Bertz CT molecular complexity index is 1340. The van der Waals surface area contributed by atoms with Crippen molar-refractivity contribution in [3.63, 3.8) is 0 Å². The van der Waals surface area contributed by atoms with Crippen molar-refractivity contribution >= 4 is 5.91 Å². The van der Waals surface area contributed by atoms with Crippen molar-refractivity contribution in [2.45, 2.75) is 38.8 Å². The summed E-state index contributed by atoms with van der Waals surface area (Å²) in [7, 11) is 0. The third kappa shape index (κ3) is 7.04. The van der Waals surface area contributed by atoms with Gasteiger partial charge in [-0.25, -0.2) is 9.37 Å². The number of benzene rings is 3. The lowest BCUT2D eigenvalue weighted by atomic mass is 10.1. The summed E-state index contributed by atoms with van der Waals surface area (Å²) >= 11 is 0. The van der Waals surface area contributed by atoms with E-state index in [0.29, 0.717) is 11.1 Å². The number of nitrogens with one attached hydrogen (secondary N) is 1. The van der Waals surface area contributed by atoms with E-state index in [1.54, 1.807) is 29.2 Å². The number of amides is 1. The molecule has 0 aliphatic heterocycles. The van der Waals surface area contributed by atoms with Crippen molar-refractivity contribution in [1.29, 1.82) is 0 Å². The Balaban J connectivity index is 1.50. The SMILES string of the molecule is CC(NC(=O)c1coc(CN(Cc2cccc(C(F)(F)F)c2)Cc2ccccc2F)n1)c1ccccc1. The van der Waals surface area contributed by atoms with Crippen LogP contribution in [0.4, 0.5) is 17.6 Å². The molecule has 1 atom stereocenters. The number of hydrogen-bond acceptors (Lipinski definition) is 4. The lowest BCUT2D eigenvalue weighted by Gasteiger charge is -2.22. The van der Waals surface area contributed by atoms with E-state index in [1.165, 1.54) is 18.4 Å². The Labute approximate surface area is 211 Å². The average Bonchev–Trinajstić information content (AvgIpc) is 3.34. The van der Waals surface area contributed by atoms with E-state index in [9.17, 15) is 22.4 Å². The van der Waals surface area contributed by atoms with Crippen molar-refractivity contribution in [3.8, 4) is 0 Å². The van der Waals surface area contributed by atoms with Crippen LogP contribution in [0.3, 0.4) is 0 Å². The number of carbonyl (C=O) groups excluding carboxylic acids is 1. The molecule has 0 aliphatic rings. The fraction of sp³-hybridized carbons (Fsp3) is 0.214. The van der Waals surface area contributed by atoms with Gasteiger partial charge in [-0.2, -0.15) is 13.2 Å². The fourth-order valence-electron chi connectivity index (χ4n) is 3.91. The normalized spacial score (nSPS) is 12.5. The molecule has 1 N–H and O–H groups in total. The fourth-order valence-corrected chi connectivity index (χ4v) is 3.91. The highest BCUT2D eigenvalue weighted by molar-refractivity contribution is 5.92. The third-order valence-corrected chi connectivity index (χ3v) is 5.80. The number of halogens is 4. The van der Waals surface area contributed by atoms with E-state index in [1.807, 2.05) is 37.3 Å². The monoisotopic (exact) mass is 511 g/mol. The summed E-state index contributed by atoms with van der Waals surface area (Å²) < 4.78 is 59.5. The minimum Gasteiger partial charge on any atom is -0.447 e. The largest absolute Gasteiger partial charge is 0.447 e. The zero-order valence-corrected chi connectivity index (χ0v) is 20.0. The van der Waals surface area contributed by atoms with Crippen molar-refractivity contribution in [2.24, 2.45) is 0 Å². The number of oxazole rings is 1. The summed E-state index contributed by atoms with van der Waals surface area (Å²) in [4.78, 5) is 18.6. The van der Waals surface area contributed by atoms with Crippen molar-refractivity contribution < 1.29 is 26.8 Å². The van der Waals surface area contributed by atoms with Crippen molar-refractivity contribution in [2.75, 3.05) is 0 Å². The van der Waals surface area contributed by atoms with Crippen LogP contribution in [0.5, 0.6) is 0 Å². The van der Waals surface area contributed by atoms with Gasteiger partial charge in [-0.15, -0.1) is 0 Å². The molecule has 3 aromatic carbocycles. The highest BCUT2D eigenvalue weighted by atomic mass is 19.4. The van der Waals surface area contributed by atoms with Crippen LogP contribution in [0.15, 0.2) is 89.5 Å². The smallest absolute Gasteiger partial charge is 0.416 e. The lowest BCUT2D eigenvalue weighted by Crippen LogP contribution is -2.27. The maximum absolute atomic E-state index is 14.4. The summed E-state index contributed by atoms with van der Waals surface area (Å²) in [6.07, 6.45) is -3.25. The molecule has 0 aliphatic carbocycles. The van der Waals surface area contributed by atoms with E-state index >= 15 is 0 Å². The van der Waals surface area contributed by atoms with Crippen LogP contribution in [-0.2, 0) is 25.8 Å². The minimum absolute atomic E-state index is 0.0477. The van der Waals surface area contributed by atoms with E-state index in [-0.39, 0.29) is 37.3 Å². The van der Waals surface area contributed by atoms with Gasteiger partial charge in [0.05, 0.1) is 18.2 Å². The Hall–Kier alpha value is -3.98. The molecule has 1 aromatic heterocycles. The predicted molar refractivity (Wildman–Crippen MR) is 130 cm³/mol. The van der Waals surface area contributed by atoms with Crippen LogP contribution in [0.2, 0.25) is 0 Å². The zero-order valence-electron chi connectivity index (χ0n) is 20.0. The summed E-state index contributed by atoms with van der Waals surface area (Å²) in [6.45, 7) is 2.07. The van der Waals surface area contributed by atoms with Crippen LogP contribution in [0.25, 0.3) is 0 Å². The second-order valence-electron chi connectivity index (χ2n) is 8.67. The molecule has 0 fully saturated rings. The third-order valence-electron chi connectivity index (χ3n) is 5.80. The van der Waals surface area contributed by atoms with Gasteiger partial charge in [0.1, 0.15) is 12.1 Å². The zero-order chi connectivity index (χ0) is 26.4. The number of alkyl halides is 3. The molecule has 4 aromatic rings. The van der Waals surface area contributed by atoms with Crippen molar-refractivity contribution in [3.05, 3.63) is 125 Å². The van der Waals surface area contributed by atoms with E-state index in [0.717, 1.165) is 17.7 Å². The number of hydrogen-bond donors (Lipinski definition) is 1. The maximum atomic E-state index is 14.4. The molecular formula is C28H25F4N3O2. The number of nitrogens with zero attached hydrogens (tertiary/aromatic N) is 2. The van der Waals surface area contributed by atoms with E-state index in [2.05, 4.69) is 10.3 Å². The number of carbonyl (C=O) groups is 1. The van der Waals surface area contributed by atoms with E-state index < -0.39 is 23.5 Å². The van der Waals surface area contributed by atoms with Crippen LogP contribution in [-0.4, -0.2) is 15.8 Å². The van der Waals surface area contributed by atoms with Gasteiger partial charge >= 0.3 is 6.18 Å². The molecule has 0 saturated carbocycles. The predicted octanol–water partition coefficient (Wildman–Crippen LogP) is 6.53. The molecule has 192 valence electrons. The van der Waals surface area contributed by atoms with Gasteiger partial charge < -0.3 is 9.73 Å². The van der Waals surface area contributed by atoms with Crippen LogP contribution >= 0.6 is 0 Å². The Morgan fingerprint density at radius 1 is 0.973 bits per heavy atom. The molecule has 0 spiro atoms. The second-order valence-corrected chi connectivity index (χ2v) is 8.67. The average molecular weight is 512 g/mol. The first-order valence-corrected chi connectivity index (χ1v) is 11.6. The molecule has 0 radical (unpaired) electrons. The molecule has 0 saturated heterocycles. The van der Waals surface area contributed by atoms with Gasteiger partial charge in [0.25, 0.3) is 5.91 Å². The molecule has 0 bridgehead atoms. The summed E-state index contributed by atoms with van der Waals surface area (Å²) in [6, 6.07) is 20.3. The Morgan fingerprint density at radius 2 is 1.70 bits per heavy atom.